The van der Waals surface area contributed by atoms with Gasteiger partial charge in [-0.25, -0.2) is 9.40 Å². The Hall–Kier alpha value is -4.07. The normalized spacial score (nSPS) is 14.7. The maximum absolute atomic E-state index is 13.7. The number of thioether (sulfide) groups is 1. The molecule has 212 valence electrons. The minimum absolute atomic E-state index is 0.0341. The fourth-order valence-corrected chi connectivity index (χ4v) is 6.29. The van der Waals surface area contributed by atoms with Gasteiger partial charge in [0, 0.05) is 16.6 Å². The topological polar surface area (TPSA) is 106 Å². The summed E-state index contributed by atoms with van der Waals surface area (Å²) in [5.74, 6) is -0.238. The zero-order valence-electron chi connectivity index (χ0n) is 21.8. The van der Waals surface area contributed by atoms with Gasteiger partial charge in [0.2, 0.25) is 0 Å². The van der Waals surface area contributed by atoms with E-state index in [2.05, 4.69) is 31.4 Å². The second kappa shape index (κ2) is 12.4. The largest absolute Gasteiger partial charge is 0.459 e. The summed E-state index contributed by atoms with van der Waals surface area (Å²) in [6.45, 7) is 0.0876. The van der Waals surface area contributed by atoms with Crippen molar-refractivity contribution in [2.75, 3.05) is 5.75 Å². The second-order valence-electron chi connectivity index (χ2n) is 9.19. The van der Waals surface area contributed by atoms with E-state index in [0.717, 1.165) is 26.3 Å². The molecule has 0 aliphatic carbocycles. The lowest BCUT2D eigenvalue weighted by molar-refractivity contribution is -0.130. The van der Waals surface area contributed by atoms with Gasteiger partial charge in [0.1, 0.15) is 5.82 Å². The van der Waals surface area contributed by atoms with Gasteiger partial charge in [-0.1, -0.05) is 45.9 Å². The summed E-state index contributed by atoms with van der Waals surface area (Å²) in [6.07, 6.45) is 1.95. The van der Waals surface area contributed by atoms with E-state index >= 15 is 0 Å². The van der Waals surface area contributed by atoms with Crippen molar-refractivity contribution in [1.82, 2.24) is 25.1 Å². The molecular weight excluding hydrogens is 643 g/mol. The average molecular weight is 666 g/mol. The van der Waals surface area contributed by atoms with Crippen LogP contribution in [0.3, 0.4) is 0 Å². The van der Waals surface area contributed by atoms with Gasteiger partial charge in [0.05, 0.1) is 35.2 Å². The van der Waals surface area contributed by atoms with Crippen LogP contribution in [-0.2, 0) is 11.3 Å². The fraction of sp³-hybridized carbons (Fsp3) is 0.138. The van der Waals surface area contributed by atoms with Crippen molar-refractivity contribution in [2.24, 2.45) is 5.10 Å². The summed E-state index contributed by atoms with van der Waals surface area (Å²) < 4.78 is 21.5. The van der Waals surface area contributed by atoms with Crippen LogP contribution in [0.15, 0.2) is 104 Å². The van der Waals surface area contributed by atoms with Gasteiger partial charge in [-0.05, 0) is 65.5 Å². The van der Waals surface area contributed by atoms with Crippen LogP contribution in [0.25, 0.3) is 5.69 Å². The van der Waals surface area contributed by atoms with E-state index in [4.69, 9.17) is 9.52 Å². The molecule has 4 heterocycles. The lowest BCUT2D eigenvalue weighted by Gasteiger charge is -2.22. The van der Waals surface area contributed by atoms with Gasteiger partial charge in [-0.3, -0.25) is 14.2 Å². The quantitative estimate of drug-likeness (QED) is 0.188. The third-order valence-corrected chi connectivity index (χ3v) is 8.85. The molecule has 1 aliphatic heterocycles. The standard InChI is InChI=1S/C29H22BrFN6O3S2/c30-19-7-11-21(12-8-19)36-26(16-32-28(39)24-3-1-13-40-24)33-34-29(36)42-17-27(38)37-23(18-5-9-20(31)10-6-18)15-22(35-37)25-4-2-14-41-25/h1-14,23H,15-17H2,(H,32,39)/t23-/m1/s1. The molecular formula is C29H22BrFN6O3S2. The van der Waals surface area contributed by atoms with Crippen molar-refractivity contribution in [3.8, 4) is 5.69 Å². The maximum atomic E-state index is 13.7. The molecule has 0 bridgehead atoms. The Morgan fingerprint density at radius 3 is 2.60 bits per heavy atom. The molecule has 5 aromatic rings. The highest BCUT2D eigenvalue weighted by atomic mass is 79.9. The number of furan rings is 1. The van der Waals surface area contributed by atoms with Crippen LogP contribution in [0.2, 0.25) is 0 Å². The number of amides is 2. The molecule has 2 aromatic carbocycles. The lowest BCUT2D eigenvalue weighted by atomic mass is 10.0. The molecule has 9 nitrogen and oxygen atoms in total. The highest BCUT2D eigenvalue weighted by molar-refractivity contribution is 9.10. The van der Waals surface area contributed by atoms with Crippen LogP contribution in [0, 0.1) is 5.82 Å². The number of halogens is 2. The molecule has 1 N–H and O–H groups in total. The Morgan fingerprint density at radius 2 is 1.88 bits per heavy atom. The molecule has 0 saturated heterocycles. The minimum Gasteiger partial charge on any atom is -0.459 e. The van der Waals surface area contributed by atoms with E-state index in [0.29, 0.717) is 17.4 Å². The highest BCUT2D eigenvalue weighted by Gasteiger charge is 2.33. The number of carbonyl (C=O) groups excluding carboxylic acids is 2. The maximum Gasteiger partial charge on any atom is 0.287 e. The molecule has 13 heteroatoms. The van der Waals surface area contributed by atoms with Crippen LogP contribution < -0.4 is 5.32 Å². The third kappa shape index (κ3) is 6.08. The first-order chi connectivity index (χ1) is 20.5. The van der Waals surface area contributed by atoms with Gasteiger partial charge in [0.25, 0.3) is 11.8 Å². The van der Waals surface area contributed by atoms with Gasteiger partial charge in [-0.2, -0.15) is 5.10 Å². The summed E-state index contributed by atoms with van der Waals surface area (Å²) in [5, 5.41) is 20.1. The number of nitrogens with one attached hydrogen (secondary N) is 1. The number of benzene rings is 2. The Bertz CT molecular complexity index is 1720. The molecule has 0 fully saturated rings. The Kier molecular flexibility index (Phi) is 8.31. The predicted molar refractivity (Wildman–Crippen MR) is 161 cm³/mol. The molecule has 1 aliphatic rings. The van der Waals surface area contributed by atoms with E-state index in [-0.39, 0.29) is 41.7 Å². The van der Waals surface area contributed by atoms with Crippen LogP contribution in [0.5, 0.6) is 0 Å². The Labute approximate surface area is 256 Å². The van der Waals surface area contributed by atoms with Crippen LogP contribution in [-0.4, -0.2) is 43.1 Å². The van der Waals surface area contributed by atoms with Gasteiger partial charge < -0.3 is 9.73 Å². The van der Waals surface area contributed by atoms with Crippen molar-refractivity contribution in [3.05, 3.63) is 117 Å². The Balaban J connectivity index is 1.24. The summed E-state index contributed by atoms with van der Waals surface area (Å²) in [5.41, 5.74) is 2.38. The summed E-state index contributed by atoms with van der Waals surface area (Å²) >= 11 is 6.24. The van der Waals surface area contributed by atoms with Crippen molar-refractivity contribution in [2.45, 2.75) is 24.2 Å². The van der Waals surface area contributed by atoms with E-state index < -0.39 is 0 Å². The summed E-state index contributed by atoms with van der Waals surface area (Å²) in [7, 11) is 0. The number of aromatic nitrogens is 3. The lowest BCUT2D eigenvalue weighted by Crippen LogP contribution is -2.28. The fourth-order valence-electron chi connectivity index (χ4n) is 4.48. The molecule has 1 atom stereocenters. The smallest absolute Gasteiger partial charge is 0.287 e. The zero-order chi connectivity index (χ0) is 29.1. The molecule has 0 radical (unpaired) electrons. The van der Waals surface area contributed by atoms with Crippen molar-refractivity contribution in [3.63, 3.8) is 0 Å². The summed E-state index contributed by atoms with van der Waals surface area (Å²) in [4.78, 5) is 27.1. The van der Waals surface area contributed by atoms with Crippen LogP contribution in [0.4, 0.5) is 4.39 Å². The first-order valence-corrected chi connectivity index (χ1v) is 15.5. The van der Waals surface area contributed by atoms with Crippen molar-refractivity contribution < 1.29 is 18.4 Å². The van der Waals surface area contributed by atoms with E-state index in [1.165, 1.54) is 35.2 Å². The number of hydrogen-bond donors (Lipinski definition) is 1. The predicted octanol–water partition coefficient (Wildman–Crippen LogP) is 6.22. The molecule has 0 saturated carbocycles. The molecule has 6 rings (SSSR count). The minimum atomic E-state index is -0.380. The number of thiophene rings is 1. The van der Waals surface area contributed by atoms with E-state index in [1.54, 1.807) is 40.2 Å². The molecule has 0 spiro atoms. The average Bonchev–Trinajstić information content (AvgIpc) is 3.82. The molecule has 2 amide bonds. The van der Waals surface area contributed by atoms with Crippen molar-refractivity contribution in [1.29, 1.82) is 0 Å². The second-order valence-corrected chi connectivity index (χ2v) is 12.0. The highest BCUT2D eigenvalue weighted by Crippen LogP contribution is 2.35. The number of nitrogens with zero attached hydrogens (tertiary/aromatic N) is 5. The van der Waals surface area contributed by atoms with Crippen LogP contribution >= 0.6 is 39.0 Å². The summed E-state index contributed by atoms with van der Waals surface area (Å²) in [6, 6.07) is 20.5. The molecule has 42 heavy (non-hydrogen) atoms. The molecule has 0 unspecified atom stereocenters. The Morgan fingerprint density at radius 1 is 1.07 bits per heavy atom. The third-order valence-electron chi connectivity index (χ3n) is 6.49. The number of hydrazone groups is 1. The van der Waals surface area contributed by atoms with Gasteiger partial charge >= 0.3 is 0 Å². The monoisotopic (exact) mass is 664 g/mol. The molecule has 3 aromatic heterocycles. The first kappa shape index (κ1) is 28.1. The van der Waals surface area contributed by atoms with E-state index in [9.17, 15) is 14.0 Å². The van der Waals surface area contributed by atoms with Gasteiger partial charge in [0.15, 0.2) is 16.7 Å². The van der Waals surface area contributed by atoms with E-state index in [1.807, 2.05) is 41.8 Å². The zero-order valence-corrected chi connectivity index (χ0v) is 25.0. The van der Waals surface area contributed by atoms with Gasteiger partial charge in [-0.15, -0.1) is 21.5 Å². The first-order valence-electron chi connectivity index (χ1n) is 12.8. The SMILES string of the molecule is O=C(NCc1nnc(SCC(=O)N2N=C(c3cccs3)C[C@@H]2c2ccc(F)cc2)n1-c1ccc(Br)cc1)c1ccco1. The van der Waals surface area contributed by atoms with Crippen molar-refractivity contribution >= 4 is 56.6 Å². The number of rotatable bonds is 9. The number of hydrogen-bond acceptors (Lipinski definition) is 8. The van der Waals surface area contributed by atoms with Crippen LogP contribution in [0.1, 0.15) is 39.3 Å². The number of carbonyl (C=O) groups is 2.